The molecule has 0 radical (unpaired) electrons. The average Bonchev–Trinajstić information content (AvgIpc) is 1.93. The lowest BCUT2D eigenvalue weighted by molar-refractivity contribution is 1.50. The Bertz CT molecular complexity index is 86.9. The molecule has 0 aromatic heterocycles. The SMILES string of the molecule is C=C/C(C)=N\SC.CC. The zero-order valence-electron chi connectivity index (χ0n) is 6.64. The molecule has 0 fully saturated rings. The molecule has 9 heavy (non-hydrogen) atoms. The third-order valence-electron chi connectivity index (χ3n) is 0.531. The molecule has 0 spiro atoms. The monoisotopic (exact) mass is 145 g/mol. The van der Waals surface area contributed by atoms with Crippen molar-refractivity contribution in [1.82, 2.24) is 0 Å². The summed E-state index contributed by atoms with van der Waals surface area (Å²) in [7, 11) is 0. The number of hydrogen-bond donors (Lipinski definition) is 0. The standard InChI is InChI=1S/C5H9NS.C2H6/c1-4-5(2)6-7-3;1-2/h4H,1H2,2-3H3;1-2H3/b6-5-;. The Hall–Kier alpha value is -0.240. The summed E-state index contributed by atoms with van der Waals surface area (Å²) in [4.78, 5) is 0. The van der Waals surface area contributed by atoms with Crippen molar-refractivity contribution in [2.24, 2.45) is 4.40 Å². The van der Waals surface area contributed by atoms with Crippen molar-refractivity contribution in [2.75, 3.05) is 6.26 Å². The fourth-order valence-corrected chi connectivity index (χ4v) is 0.544. The fourth-order valence-electron chi connectivity index (χ4n) is 0.181. The van der Waals surface area contributed by atoms with E-state index in [1.165, 1.54) is 11.9 Å². The first-order valence-electron chi connectivity index (χ1n) is 3.01. The van der Waals surface area contributed by atoms with Crippen molar-refractivity contribution in [3.8, 4) is 0 Å². The Balaban J connectivity index is 0. The molecule has 0 aliphatic carbocycles. The van der Waals surface area contributed by atoms with E-state index in [0.29, 0.717) is 0 Å². The van der Waals surface area contributed by atoms with Gasteiger partial charge >= 0.3 is 0 Å². The zero-order chi connectivity index (χ0) is 7.70. The van der Waals surface area contributed by atoms with E-state index in [-0.39, 0.29) is 0 Å². The highest BCUT2D eigenvalue weighted by Crippen LogP contribution is 1.93. The summed E-state index contributed by atoms with van der Waals surface area (Å²) >= 11 is 1.45. The van der Waals surface area contributed by atoms with Gasteiger partial charge in [-0.15, -0.1) is 0 Å². The molecule has 1 nitrogen and oxygen atoms in total. The first-order chi connectivity index (χ1) is 4.31. The fraction of sp³-hybridized carbons (Fsp3) is 0.571. The van der Waals surface area contributed by atoms with Crippen molar-refractivity contribution in [2.45, 2.75) is 20.8 Å². The van der Waals surface area contributed by atoms with Crippen LogP contribution in [0.5, 0.6) is 0 Å². The van der Waals surface area contributed by atoms with E-state index in [1.807, 2.05) is 27.0 Å². The molecule has 0 atom stereocenters. The first kappa shape index (κ1) is 11.5. The molecule has 0 aromatic carbocycles. The Morgan fingerprint density at radius 1 is 1.56 bits per heavy atom. The van der Waals surface area contributed by atoms with Crippen molar-refractivity contribution >= 4 is 17.7 Å². The number of rotatable bonds is 2. The summed E-state index contributed by atoms with van der Waals surface area (Å²) in [5, 5.41) is 0. The smallest absolute Gasteiger partial charge is 0.0449 e. The van der Waals surface area contributed by atoms with Crippen LogP contribution in [0.25, 0.3) is 0 Å². The lowest BCUT2D eigenvalue weighted by Crippen LogP contribution is -1.76. The molecular weight excluding hydrogens is 130 g/mol. The summed E-state index contributed by atoms with van der Waals surface area (Å²) < 4.78 is 3.96. The van der Waals surface area contributed by atoms with E-state index < -0.39 is 0 Å². The lowest BCUT2D eigenvalue weighted by atomic mass is 10.4. The summed E-state index contributed by atoms with van der Waals surface area (Å²) in [6.07, 6.45) is 3.66. The molecule has 0 aromatic rings. The van der Waals surface area contributed by atoms with Crippen LogP contribution in [0.4, 0.5) is 0 Å². The maximum atomic E-state index is 3.96. The van der Waals surface area contributed by atoms with E-state index in [0.717, 1.165) is 5.71 Å². The van der Waals surface area contributed by atoms with Crippen molar-refractivity contribution < 1.29 is 0 Å². The minimum Gasteiger partial charge on any atom is -0.222 e. The van der Waals surface area contributed by atoms with Crippen molar-refractivity contribution in [1.29, 1.82) is 0 Å². The summed E-state index contributed by atoms with van der Waals surface area (Å²) in [5.74, 6) is 0. The second-order valence-corrected chi connectivity index (χ2v) is 1.67. The van der Waals surface area contributed by atoms with Gasteiger partial charge in [0, 0.05) is 12.0 Å². The highest BCUT2D eigenvalue weighted by atomic mass is 32.2. The van der Waals surface area contributed by atoms with Crippen LogP contribution in [0, 0.1) is 0 Å². The zero-order valence-corrected chi connectivity index (χ0v) is 7.46. The number of allylic oxidation sites excluding steroid dienone is 1. The summed E-state index contributed by atoms with van der Waals surface area (Å²) in [5.41, 5.74) is 0.979. The summed E-state index contributed by atoms with van der Waals surface area (Å²) in [6, 6.07) is 0. The van der Waals surface area contributed by atoms with E-state index >= 15 is 0 Å². The van der Waals surface area contributed by atoms with Gasteiger partial charge in [-0.05, 0) is 24.9 Å². The van der Waals surface area contributed by atoms with Gasteiger partial charge in [-0.1, -0.05) is 20.4 Å². The highest BCUT2D eigenvalue weighted by Gasteiger charge is 1.73. The Morgan fingerprint density at radius 3 is 2.11 bits per heavy atom. The molecule has 54 valence electrons. The molecule has 0 N–H and O–H groups in total. The van der Waals surface area contributed by atoms with Gasteiger partial charge < -0.3 is 0 Å². The van der Waals surface area contributed by atoms with Crippen LogP contribution in [0.1, 0.15) is 20.8 Å². The van der Waals surface area contributed by atoms with Crippen LogP contribution in [0.3, 0.4) is 0 Å². The van der Waals surface area contributed by atoms with Crippen LogP contribution in [0.2, 0.25) is 0 Å². The normalized spacial score (nSPS) is 9.56. The summed E-state index contributed by atoms with van der Waals surface area (Å²) in [6.45, 7) is 9.46. The second-order valence-electron chi connectivity index (χ2n) is 1.12. The van der Waals surface area contributed by atoms with Gasteiger partial charge in [0.2, 0.25) is 0 Å². The molecule has 0 heterocycles. The molecule has 0 saturated carbocycles. The van der Waals surface area contributed by atoms with Crippen LogP contribution < -0.4 is 0 Å². The third-order valence-corrected chi connectivity index (χ3v) is 1.00. The van der Waals surface area contributed by atoms with E-state index in [4.69, 9.17) is 0 Å². The third kappa shape index (κ3) is 11.4. The van der Waals surface area contributed by atoms with Gasteiger partial charge in [0.25, 0.3) is 0 Å². The second kappa shape index (κ2) is 10.7. The van der Waals surface area contributed by atoms with Gasteiger partial charge in [-0.2, -0.15) is 0 Å². The quantitative estimate of drug-likeness (QED) is 0.430. The lowest BCUT2D eigenvalue weighted by Gasteiger charge is -1.82. The topological polar surface area (TPSA) is 12.4 Å². The van der Waals surface area contributed by atoms with Crippen molar-refractivity contribution in [3.05, 3.63) is 12.7 Å². The van der Waals surface area contributed by atoms with Gasteiger partial charge in [-0.3, -0.25) is 0 Å². The average molecular weight is 145 g/mol. The number of nitrogens with zero attached hydrogens (tertiary/aromatic N) is 1. The largest absolute Gasteiger partial charge is 0.222 e. The molecule has 0 unspecified atom stereocenters. The van der Waals surface area contributed by atoms with E-state index in [1.54, 1.807) is 6.08 Å². The van der Waals surface area contributed by atoms with Gasteiger partial charge in [0.15, 0.2) is 0 Å². The predicted molar refractivity (Wildman–Crippen MR) is 48.2 cm³/mol. The molecular formula is C7H15NS. The van der Waals surface area contributed by atoms with Gasteiger partial charge in [-0.25, -0.2) is 4.40 Å². The molecule has 0 amide bonds. The molecule has 2 heteroatoms. The molecule has 0 aliphatic rings. The minimum atomic E-state index is 0.979. The first-order valence-corrected chi connectivity index (χ1v) is 4.19. The van der Waals surface area contributed by atoms with Crippen LogP contribution in [-0.4, -0.2) is 12.0 Å². The number of hydrogen-bond acceptors (Lipinski definition) is 2. The maximum absolute atomic E-state index is 3.96. The van der Waals surface area contributed by atoms with Gasteiger partial charge in [0.05, 0.1) is 0 Å². The minimum absolute atomic E-state index is 0.979. The molecule has 0 bridgehead atoms. The molecule has 0 saturated heterocycles. The highest BCUT2D eigenvalue weighted by molar-refractivity contribution is 7.97. The molecule has 0 rings (SSSR count). The van der Waals surface area contributed by atoms with Crippen molar-refractivity contribution in [3.63, 3.8) is 0 Å². The van der Waals surface area contributed by atoms with Crippen LogP contribution in [-0.2, 0) is 0 Å². The van der Waals surface area contributed by atoms with E-state index in [9.17, 15) is 0 Å². The van der Waals surface area contributed by atoms with Crippen LogP contribution in [0.15, 0.2) is 17.1 Å². The Morgan fingerprint density at radius 2 is 2.00 bits per heavy atom. The van der Waals surface area contributed by atoms with Crippen LogP contribution >= 0.6 is 11.9 Å². The van der Waals surface area contributed by atoms with Gasteiger partial charge in [0.1, 0.15) is 0 Å². The maximum Gasteiger partial charge on any atom is 0.0449 e. The predicted octanol–water partition coefficient (Wildman–Crippen LogP) is 2.94. The van der Waals surface area contributed by atoms with E-state index in [2.05, 4.69) is 11.0 Å². The Kier molecular flexibility index (Phi) is 13.7. The molecule has 0 aliphatic heterocycles. The Labute approximate surface area is 62.4 Å².